The molecule has 2 aromatic heterocycles. The number of hydrogen-bond acceptors (Lipinski definition) is 2. The van der Waals surface area contributed by atoms with E-state index >= 15 is 0 Å². The molecule has 0 N–H and O–H groups in total. The topological polar surface area (TPSA) is 21.1 Å². The minimum atomic E-state index is 0.385. The van der Waals surface area contributed by atoms with Crippen molar-refractivity contribution in [1.29, 1.82) is 0 Å². The fourth-order valence-corrected chi connectivity index (χ4v) is 5.92. The maximum Gasteiger partial charge on any atom is 0.0553 e. The smallest absolute Gasteiger partial charge is 0.0553 e. The van der Waals surface area contributed by atoms with Gasteiger partial charge in [0.1, 0.15) is 0 Å². The number of aryl methyl sites for hydroxylation is 2. The molecule has 0 radical (unpaired) electrons. The number of hydrogen-bond donors (Lipinski definition) is 0. The SMILES string of the molecule is CCc1cncc2c1C[C@@H]1c3c(c4ccccc4n3C)C[C@H]2N1Cc1ccccc1. The average Bonchev–Trinajstić information content (AvgIpc) is 3.06. The summed E-state index contributed by atoms with van der Waals surface area (Å²) < 4.78 is 2.46. The van der Waals surface area contributed by atoms with Gasteiger partial charge in [0.05, 0.1) is 6.04 Å². The van der Waals surface area contributed by atoms with Crippen molar-refractivity contribution in [2.45, 2.75) is 44.8 Å². The highest BCUT2D eigenvalue weighted by atomic mass is 15.2. The number of benzene rings is 2. The zero-order valence-electron chi connectivity index (χ0n) is 17.7. The molecular weight excluding hydrogens is 366 g/mol. The first-order chi connectivity index (χ1) is 14.8. The van der Waals surface area contributed by atoms with E-state index in [1.54, 1.807) is 11.1 Å². The monoisotopic (exact) mass is 393 g/mol. The lowest BCUT2D eigenvalue weighted by Gasteiger charge is -2.47. The third-order valence-electron chi connectivity index (χ3n) is 7.30. The first-order valence-electron chi connectivity index (χ1n) is 11.1. The van der Waals surface area contributed by atoms with Crippen LogP contribution in [0.4, 0.5) is 0 Å². The van der Waals surface area contributed by atoms with Gasteiger partial charge >= 0.3 is 0 Å². The summed E-state index contributed by atoms with van der Waals surface area (Å²) in [7, 11) is 2.25. The first-order valence-corrected chi connectivity index (χ1v) is 11.1. The van der Waals surface area contributed by atoms with Crippen molar-refractivity contribution in [3.63, 3.8) is 0 Å². The van der Waals surface area contributed by atoms with Gasteiger partial charge in [-0.1, -0.05) is 55.5 Å². The summed E-state index contributed by atoms with van der Waals surface area (Å²) >= 11 is 0. The summed E-state index contributed by atoms with van der Waals surface area (Å²) in [5, 5.41) is 1.42. The Kier molecular flexibility index (Phi) is 4.07. The Hall–Kier alpha value is -2.91. The normalized spacial score (nSPS) is 20.2. The lowest BCUT2D eigenvalue weighted by atomic mass is 9.77. The van der Waals surface area contributed by atoms with Gasteiger partial charge in [0.15, 0.2) is 0 Å². The van der Waals surface area contributed by atoms with Gasteiger partial charge in [-0.2, -0.15) is 0 Å². The Morgan fingerprint density at radius 1 is 0.900 bits per heavy atom. The lowest BCUT2D eigenvalue weighted by Crippen LogP contribution is -2.43. The average molecular weight is 394 g/mol. The van der Waals surface area contributed by atoms with Crippen LogP contribution >= 0.6 is 0 Å². The fourth-order valence-electron chi connectivity index (χ4n) is 5.92. The Balaban J connectivity index is 1.56. The number of pyridine rings is 1. The van der Waals surface area contributed by atoms with Crippen LogP contribution < -0.4 is 0 Å². The van der Waals surface area contributed by atoms with Crippen LogP contribution in [0.2, 0.25) is 0 Å². The summed E-state index contributed by atoms with van der Waals surface area (Å²) in [6.07, 6.45) is 7.41. The van der Waals surface area contributed by atoms with Crippen LogP contribution in [0.25, 0.3) is 10.9 Å². The van der Waals surface area contributed by atoms with Crippen molar-refractivity contribution in [3.05, 3.63) is 101 Å². The molecule has 30 heavy (non-hydrogen) atoms. The van der Waals surface area contributed by atoms with E-state index in [9.17, 15) is 0 Å². The second-order valence-corrected chi connectivity index (χ2v) is 8.76. The molecule has 3 nitrogen and oxygen atoms in total. The standard InChI is InChI=1S/C27H27N3/c1-3-19-15-28-16-23-21(19)13-26-27-22(20-11-7-8-12-24(20)29(27)2)14-25(23)30(26)17-18-9-5-4-6-10-18/h4-12,15-16,25-26H,3,13-14,17H2,1-2H3/t25-,26-/m1/s1. The second-order valence-electron chi connectivity index (χ2n) is 8.76. The van der Waals surface area contributed by atoms with Gasteiger partial charge in [0, 0.05) is 48.6 Å². The number of fused-ring (bicyclic) bond motifs is 8. The molecule has 0 unspecified atom stereocenters. The maximum atomic E-state index is 4.65. The maximum absolute atomic E-state index is 4.65. The van der Waals surface area contributed by atoms with Crippen molar-refractivity contribution in [2.24, 2.45) is 7.05 Å². The summed E-state index contributed by atoms with van der Waals surface area (Å²) in [4.78, 5) is 7.39. The van der Waals surface area contributed by atoms with E-state index in [1.165, 1.54) is 33.3 Å². The predicted molar refractivity (Wildman–Crippen MR) is 121 cm³/mol. The third-order valence-corrected chi connectivity index (χ3v) is 7.30. The molecule has 0 saturated heterocycles. The molecule has 150 valence electrons. The van der Waals surface area contributed by atoms with Gasteiger partial charge in [-0.3, -0.25) is 9.88 Å². The second kappa shape index (κ2) is 6.82. The quantitative estimate of drug-likeness (QED) is 0.456. The molecule has 2 aliphatic heterocycles. The Morgan fingerprint density at radius 2 is 1.67 bits per heavy atom. The fraction of sp³-hybridized carbons (Fsp3) is 0.296. The molecule has 0 spiro atoms. The van der Waals surface area contributed by atoms with E-state index in [2.05, 4.69) is 95.4 Å². The molecule has 2 aliphatic rings. The van der Waals surface area contributed by atoms with Crippen LogP contribution in [0, 0.1) is 0 Å². The van der Waals surface area contributed by atoms with E-state index in [-0.39, 0.29) is 0 Å². The summed E-state index contributed by atoms with van der Waals surface area (Å²) in [6, 6.07) is 20.6. The van der Waals surface area contributed by atoms with E-state index in [0.29, 0.717) is 12.1 Å². The number of nitrogens with zero attached hydrogens (tertiary/aromatic N) is 3. The van der Waals surface area contributed by atoms with Gasteiger partial charge in [-0.05, 0) is 53.1 Å². The van der Waals surface area contributed by atoms with Crippen LogP contribution in [0.1, 0.15) is 52.5 Å². The molecule has 0 fully saturated rings. The van der Waals surface area contributed by atoms with Crippen molar-refractivity contribution in [3.8, 4) is 0 Å². The molecule has 3 heteroatoms. The highest BCUT2D eigenvalue weighted by Gasteiger charge is 2.43. The molecule has 2 atom stereocenters. The minimum Gasteiger partial charge on any atom is -0.346 e. The zero-order chi connectivity index (χ0) is 20.2. The molecule has 4 heterocycles. The van der Waals surface area contributed by atoms with Crippen LogP contribution in [0.5, 0.6) is 0 Å². The van der Waals surface area contributed by atoms with Crippen molar-refractivity contribution >= 4 is 10.9 Å². The molecule has 2 bridgehead atoms. The van der Waals surface area contributed by atoms with Gasteiger partial charge < -0.3 is 4.57 Å². The van der Waals surface area contributed by atoms with Crippen molar-refractivity contribution in [1.82, 2.24) is 14.5 Å². The van der Waals surface area contributed by atoms with E-state index in [4.69, 9.17) is 0 Å². The largest absolute Gasteiger partial charge is 0.346 e. The van der Waals surface area contributed by atoms with Crippen molar-refractivity contribution in [2.75, 3.05) is 0 Å². The molecule has 0 amide bonds. The van der Waals surface area contributed by atoms with E-state index in [0.717, 1.165) is 25.8 Å². The molecule has 0 saturated carbocycles. The highest BCUT2D eigenvalue weighted by molar-refractivity contribution is 5.86. The molecule has 2 aromatic carbocycles. The molecule has 0 aliphatic carbocycles. The Morgan fingerprint density at radius 3 is 2.50 bits per heavy atom. The van der Waals surface area contributed by atoms with Crippen LogP contribution in [0.3, 0.4) is 0 Å². The number of para-hydroxylation sites is 1. The zero-order valence-corrected chi connectivity index (χ0v) is 17.7. The third kappa shape index (κ3) is 2.51. The highest BCUT2D eigenvalue weighted by Crippen LogP contribution is 2.50. The van der Waals surface area contributed by atoms with Crippen LogP contribution in [0.15, 0.2) is 67.0 Å². The first kappa shape index (κ1) is 17.9. The van der Waals surface area contributed by atoms with Gasteiger partial charge in [-0.25, -0.2) is 0 Å². The van der Waals surface area contributed by atoms with E-state index < -0.39 is 0 Å². The number of aromatic nitrogens is 2. The Bertz CT molecular complexity index is 1240. The summed E-state index contributed by atoms with van der Waals surface area (Å²) in [5.41, 5.74) is 10.2. The van der Waals surface area contributed by atoms with Gasteiger partial charge in [0.2, 0.25) is 0 Å². The van der Waals surface area contributed by atoms with Crippen molar-refractivity contribution < 1.29 is 0 Å². The van der Waals surface area contributed by atoms with Gasteiger partial charge in [-0.15, -0.1) is 0 Å². The number of rotatable bonds is 3. The Labute approximate surface area is 178 Å². The van der Waals surface area contributed by atoms with Crippen LogP contribution in [-0.4, -0.2) is 14.5 Å². The lowest BCUT2D eigenvalue weighted by molar-refractivity contribution is 0.0876. The summed E-state index contributed by atoms with van der Waals surface area (Å²) in [5.74, 6) is 0. The van der Waals surface area contributed by atoms with Gasteiger partial charge in [0.25, 0.3) is 0 Å². The molecule has 6 rings (SSSR count). The van der Waals surface area contributed by atoms with E-state index in [1.807, 2.05) is 0 Å². The van der Waals surface area contributed by atoms with Crippen LogP contribution in [-0.2, 0) is 32.9 Å². The minimum absolute atomic E-state index is 0.385. The predicted octanol–water partition coefficient (Wildman–Crippen LogP) is 5.53. The molecule has 4 aromatic rings. The summed E-state index contributed by atoms with van der Waals surface area (Å²) in [6.45, 7) is 3.23. The molecular formula is C27H27N3.